The third-order valence-corrected chi connectivity index (χ3v) is 3.94. The Balaban J connectivity index is 2.04. The number of aliphatic hydroxyl groups is 1. The van der Waals surface area contributed by atoms with Gasteiger partial charge in [-0.25, -0.2) is 0 Å². The molecule has 0 fully saturated rings. The lowest BCUT2D eigenvalue weighted by molar-refractivity contribution is -0.137. The van der Waals surface area contributed by atoms with Gasteiger partial charge in [0, 0.05) is 11.4 Å². The van der Waals surface area contributed by atoms with Crippen molar-refractivity contribution >= 4 is 28.6 Å². The van der Waals surface area contributed by atoms with Crippen molar-refractivity contribution in [1.29, 1.82) is 0 Å². The van der Waals surface area contributed by atoms with Crippen molar-refractivity contribution in [2.45, 2.75) is 12.3 Å². The van der Waals surface area contributed by atoms with E-state index in [-0.39, 0.29) is 11.6 Å². The van der Waals surface area contributed by atoms with Gasteiger partial charge in [-0.1, -0.05) is 17.7 Å². The summed E-state index contributed by atoms with van der Waals surface area (Å²) >= 11 is 7.21. The molecule has 0 bridgehead atoms. The maximum atomic E-state index is 12.5. The van der Waals surface area contributed by atoms with Gasteiger partial charge in [-0.15, -0.1) is 11.3 Å². The van der Waals surface area contributed by atoms with Crippen LogP contribution in [-0.2, 0) is 6.18 Å². The van der Waals surface area contributed by atoms with E-state index < -0.39 is 17.8 Å². The highest BCUT2D eigenvalue weighted by molar-refractivity contribution is 7.10. The molecule has 2 aromatic rings. The van der Waals surface area contributed by atoms with Crippen LogP contribution in [0.5, 0.6) is 0 Å². The summed E-state index contributed by atoms with van der Waals surface area (Å²) in [4.78, 5) is 0.778. The minimum atomic E-state index is -4.42. The van der Waals surface area contributed by atoms with Crippen molar-refractivity contribution in [3.8, 4) is 0 Å². The molecule has 1 atom stereocenters. The van der Waals surface area contributed by atoms with Gasteiger partial charge in [-0.2, -0.15) is 13.2 Å². The van der Waals surface area contributed by atoms with E-state index in [1.54, 1.807) is 6.07 Å². The number of rotatable bonds is 4. The van der Waals surface area contributed by atoms with Gasteiger partial charge in [-0.05, 0) is 29.6 Å². The van der Waals surface area contributed by atoms with E-state index in [1.807, 2.05) is 11.4 Å². The van der Waals surface area contributed by atoms with Gasteiger partial charge >= 0.3 is 6.18 Å². The lowest BCUT2D eigenvalue weighted by Gasteiger charge is -2.14. The highest BCUT2D eigenvalue weighted by Crippen LogP contribution is 2.34. The van der Waals surface area contributed by atoms with Crippen molar-refractivity contribution in [1.82, 2.24) is 0 Å². The standard InChI is InChI=1S/C13H11ClF3NOS/c14-9-6-8(13(15,16)17)3-4-10(9)18-7-11(19)12-2-1-5-20-12/h1-6,11,18-19H,7H2. The van der Waals surface area contributed by atoms with Crippen molar-refractivity contribution in [3.05, 3.63) is 51.2 Å². The summed E-state index contributed by atoms with van der Waals surface area (Å²) in [5.41, 5.74) is -0.442. The number of alkyl halides is 3. The molecule has 0 aliphatic rings. The SMILES string of the molecule is OC(CNc1ccc(C(F)(F)F)cc1Cl)c1cccs1. The smallest absolute Gasteiger partial charge is 0.386 e. The molecule has 2 rings (SSSR count). The predicted molar refractivity (Wildman–Crippen MR) is 74.2 cm³/mol. The fourth-order valence-electron chi connectivity index (χ4n) is 1.62. The van der Waals surface area contributed by atoms with E-state index in [0.717, 1.165) is 17.0 Å². The Morgan fingerprint density at radius 3 is 2.60 bits per heavy atom. The predicted octanol–water partition coefficient (Wildman–Crippen LogP) is 4.57. The fraction of sp³-hybridized carbons (Fsp3) is 0.231. The van der Waals surface area contributed by atoms with Crippen LogP contribution in [0.15, 0.2) is 35.7 Å². The van der Waals surface area contributed by atoms with Gasteiger partial charge in [0.1, 0.15) is 6.10 Å². The molecule has 1 heterocycles. The molecule has 7 heteroatoms. The molecule has 1 aromatic carbocycles. The zero-order chi connectivity index (χ0) is 14.8. The summed E-state index contributed by atoms with van der Waals surface area (Å²) in [6, 6.07) is 6.67. The maximum absolute atomic E-state index is 12.5. The molecule has 2 nitrogen and oxygen atoms in total. The van der Waals surface area contributed by atoms with Crippen LogP contribution in [0.25, 0.3) is 0 Å². The van der Waals surface area contributed by atoms with Crippen molar-refractivity contribution in [2.24, 2.45) is 0 Å². The first-order valence-corrected chi connectivity index (χ1v) is 6.96. The number of hydrogen-bond donors (Lipinski definition) is 2. The molecule has 1 aromatic heterocycles. The molecule has 0 aliphatic heterocycles. The quantitative estimate of drug-likeness (QED) is 0.865. The number of benzene rings is 1. The van der Waals surface area contributed by atoms with Gasteiger partial charge in [0.25, 0.3) is 0 Å². The molecule has 2 N–H and O–H groups in total. The molecule has 0 spiro atoms. The maximum Gasteiger partial charge on any atom is 0.416 e. The second kappa shape index (κ2) is 6.03. The highest BCUT2D eigenvalue weighted by atomic mass is 35.5. The van der Waals surface area contributed by atoms with Crippen LogP contribution in [0, 0.1) is 0 Å². The summed E-state index contributed by atoms with van der Waals surface area (Å²) in [6.45, 7) is 0.172. The molecule has 0 radical (unpaired) electrons. The van der Waals surface area contributed by atoms with E-state index in [1.165, 1.54) is 17.4 Å². The monoisotopic (exact) mass is 321 g/mol. The van der Waals surface area contributed by atoms with Crippen LogP contribution in [0.3, 0.4) is 0 Å². The van der Waals surface area contributed by atoms with E-state index in [0.29, 0.717) is 5.69 Å². The largest absolute Gasteiger partial charge is 0.416 e. The Morgan fingerprint density at radius 1 is 1.30 bits per heavy atom. The lowest BCUT2D eigenvalue weighted by atomic mass is 10.2. The first-order valence-electron chi connectivity index (χ1n) is 5.70. The van der Waals surface area contributed by atoms with Gasteiger partial charge in [0.2, 0.25) is 0 Å². The van der Waals surface area contributed by atoms with E-state index >= 15 is 0 Å². The number of thiophene rings is 1. The lowest BCUT2D eigenvalue weighted by Crippen LogP contribution is -2.12. The Bertz CT molecular complexity index is 571. The summed E-state index contributed by atoms with van der Waals surface area (Å²) in [7, 11) is 0. The zero-order valence-corrected chi connectivity index (χ0v) is 11.7. The summed E-state index contributed by atoms with van der Waals surface area (Å²) in [5, 5.41) is 14.5. The van der Waals surface area contributed by atoms with Crippen LogP contribution < -0.4 is 5.32 Å². The molecule has 20 heavy (non-hydrogen) atoms. The van der Waals surface area contributed by atoms with E-state index in [2.05, 4.69) is 5.32 Å². The molecule has 0 saturated carbocycles. The second-order valence-electron chi connectivity index (χ2n) is 4.10. The second-order valence-corrected chi connectivity index (χ2v) is 5.49. The number of aliphatic hydroxyl groups excluding tert-OH is 1. The topological polar surface area (TPSA) is 32.3 Å². The summed E-state index contributed by atoms with van der Waals surface area (Å²) in [5.74, 6) is 0. The molecule has 0 aliphatic carbocycles. The van der Waals surface area contributed by atoms with Crippen molar-refractivity contribution in [3.63, 3.8) is 0 Å². The fourth-order valence-corrected chi connectivity index (χ4v) is 2.58. The van der Waals surface area contributed by atoms with Crippen LogP contribution in [-0.4, -0.2) is 11.7 Å². The minimum Gasteiger partial charge on any atom is -0.386 e. The number of nitrogens with one attached hydrogen (secondary N) is 1. The normalized spacial score (nSPS) is 13.2. The molecule has 0 saturated heterocycles. The Morgan fingerprint density at radius 2 is 2.05 bits per heavy atom. The molecular weight excluding hydrogens is 311 g/mol. The van der Waals surface area contributed by atoms with Crippen LogP contribution in [0.1, 0.15) is 16.5 Å². The Hall–Kier alpha value is -1.24. The minimum absolute atomic E-state index is 0.0294. The first-order chi connectivity index (χ1) is 9.38. The Labute approximate surface area is 122 Å². The van der Waals surface area contributed by atoms with Gasteiger partial charge in [0.15, 0.2) is 0 Å². The molecular formula is C13H11ClF3NOS. The van der Waals surface area contributed by atoms with Gasteiger partial charge in [-0.3, -0.25) is 0 Å². The van der Waals surface area contributed by atoms with Crippen molar-refractivity contribution < 1.29 is 18.3 Å². The molecule has 108 valence electrons. The highest BCUT2D eigenvalue weighted by Gasteiger charge is 2.30. The van der Waals surface area contributed by atoms with Crippen molar-refractivity contribution in [2.75, 3.05) is 11.9 Å². The van der Waals surface area contributed by atoms with E-state index in [4.69, 9.17) is 11.6 Å². The number of anilines is 1. The molecule has 1 unspecified atom stereocenters. The van der Waals surface area contributed by atoms with Gasteiger partial charge in [0.05, 0.1) is 16.3 Å². The van der Waals surface area contributed by atoms with Gasteiger partial charge < -0.3 is 10.4 Å². The third-order valence-electron chi connectivity index (χ3n) is 2.65. The van der Waals surface area contributed by atoms with Crippen LogP contribution in [0.4, 0.5) is 18.9 Å². The summed E-state index contributed by atoms with van der Waals surface area (Å²) in [6.07, 6.45) is -5.15. The number of hydrogen-bond acceptors (Lipinski definition) is 3. The average molecular weight is 322 g/mol. The summed E-state index contributed by atoms with van der Waals surface area (Å²) < 4.78 is 37.4. The Kier molecular flexibility index (Phi) is 4.57. The van der Waals surface area contributed by atoms with E-state index in [9.17, 15) is 18.3 Å². The first kappa shape index (κ1) is 15.2. The number of halogens is 4. The zero-order valence-electron chi connectivity index (χ0n) is 10.1. The van der Waals surface area contributed by atoms with Crippen LogP contribution in [0.2, 0.25) is 5.02 Å². The molecule has 0 amide bonds. The average Bonchev–Trinajstić information content (AvgIpc) is 2.89. The van der Waals surface area contributed by atoms with Crippen LogP contribution >= 0.6 is 22.9 Å². The third kappa shape index (κ3) is 3.65.